The fourth-order valence-corrected chi connectivity index (χ4v) is 8.46. The SMILES string of the molecule is CC(C)(C)c1ccc(N(c2ccc3c(c2)C(C)(C)c2ccccc2-3)c2ccc3ccccc3c2-c2cccc3ccccc23)c(-c2ccccc2)c1. The molecule has 0 aromatic heterocycles. The Morgan fingerprint density at radius 2 is 1.06 bits per heavy atom. The van der Waals surface area contributed by atoms with Crippen LogP contribution in [0, 0.1) is 0 Å². The molecule has 52 heavy (non-hydrogen) atoms. The molecule has 0 unspecified atom stereocenters. The molecule has 0 radical (unpaired) electrons. The summed E-state index contributed by atoms with van der Waals surface area (Å²) < 4.78 is 0. The van der Waals surface area contributed by atoms with Crippen molar-refractivity contribution in [2.24, 2.45) is 0 Å². The van der Waals surface area contributed by atoms with Crippen LogP contribution in [-0.4, -0.2) is 0 Å². The third kappa shape index (κ3) is 5.15. The molecule has 0 bridgehead atoms. The fourth-order valence-electron chi connectivity index (χ4n) is 8.46. The van der Waals surface area contributed by atoms with E-state index < -0.39 is 0 Å². The number of benzene rings is 8. The van der Waals surface area contributed by atoms with Crippen molar-refractivity contribution in [2.75, 3.05) is 4.90 Å². The second-order valence-electron chi connectivity index (χ2n) is 15.8. The lowest BCUT2D eigenvalue weighted by Crippen LogP contribution is -2.18. The Labute approximate surface area is 307 Å². The molecule has 1 nitrogen and oxygen atoms in total. The molecule has 0 amide bonds. The molecule has 0 spiro atoms. The zero-order valence-corrected chi connectivity index (χ0v) is 30.6. The van der Waals surface area contributed by atoms with Crippen LogP contribution in [-0.2, 0) is 10.8 Å². The highest BCUT2D eigenvalue weighted by Gasteiger charge is 2.36. The first-order valence-electron chi connectivity index (χ1n) is 18.4. The maximum Gasteiger partial charge on any atom is 0.0546 e. The summed E-state index contributed by atoms with van der Waals surface area (Å²) >= 11 is 0. The topological polar surface area (TPSA) is 3.24 Å². The van der Waals surface area contributed by atoms with Gasteiger partial charge in [-0.25, -0.2) is 0 Å². The minimum Gasteiger partial charge on any atom is -0.309 e. The third-order valence-corrected chi connectivity index (χ3v) is 11.2. The van der Waals surface area contributed by atoms with Gasteiger partial charge in [0.25, 0.3) is 0 Å². The van der Waals surface area contributed by atoms with E-state index in [1.54, 1.807) is 0 Å². The van der Waals surface area contributed by atoms with E-state index in [2.05, 4.69) is 209 Å². The number of anilines is 3. The predicted molar refractivity (Wildman–Crippen MR) is 223 cm³/mol. The lowest BCUT2D eigenvalue weighted by Gasteiger charge is -2.33. The standard InChI is InChI=1S/C51H43N/c1-50(2,3)37-27-31-47(44(32-37)35-16-7-6-8-17-35)52(38-28-29-42-41-23-13-14-25-45(41)51(4,5)46(42)33-38)48-30-26-36-19-10-12-22-40(36)49(48)43-24-15-20-34-18-9-11-21-39(34)43/h6-33H,1-5H3. The average molecular weight is 670 g/mol. The van der Waals surface area contributed by atoms with Gasteiger partial charge >= 0.3 is 0 Å². The van der Waals surface area contributed by atoms with Crippen LogP contribution in [0.5, 0.6) is 0 Å². The van der Waals surface area contributed by atoms with Gasteiger partial charge in [-0.05, 0) is 96.2 Å². The Morgan fingerprint density at radius 1 is 0.442 bits per heavy atom. The fraction of sp³-hybridized carbons (Fsp3) is 0.137. The molecule has 8 aromatic rings. The molecule has 8 aromatic carbocycles. The van der Waals surface area contributed by atoms with Gasteiger partial charge in [-0.1, -0.05) is 174 Å². The van der Waals surface area contributed by atoms with Crippen LogP contribution in [0.3, 0.4) is 0 Å². The van der Waals surface area contributed by atoms with E-state index in [9.17, 15) is 0 Å². The van der Waals surface area contributed by atoms with Crippen LogP contribution in [0.4, 0.5) is 17.1 Å². The number of rotatable bonds is 5. The third-order valence-electron chi connectivity index (χ3n) is 11.2. The number of hydrogen-bond donors (Lipinski definition) is 0. The summed E-state index contributed by atoms with van der Waals surface area (Å²) in [5, 5.41) is 4.95. The van der Waals surface area contributed by atoms with Crippen LogP contribution in [0.2, 0.25) is 0 Å². The smallest absolute Gasteiger partial charge is 0.0546 e. The minimum absolute atomic E-state index is 0.00662. The first-order chi connectivity index (χ1) is 25.2. The van der Waals surface area contributed by atoms with Crippen molar-refractivity contribution in [3.63, 3.8) is 0 Å². The number of nitrogens with zero attached hydrogens (tertiary/aromatic N) is 1. The van der Waals surface area contributed by atoms with Crippen molar-refractivity contribution in [1.29, 1.82) is 0 Å². The lowest BCUT2D eigenvalue weighted by atomic mass is 9.82. The molecule has 252 valence electrons. The molecule has 0 saturated heterocycles. The summed E-state index contributed by atoms with van der Waals surface area (Å²) in [6, 6.07) is 63.1. The molecule has 1 aliphatic rings. The zero-order chi connectivity index (χ0) is 35.6. The van der Waals surface area contributed by atoms with Gasteiger partial charge in [-0.15, -0.1) is 0 Å². The van der Waals surface area contributed by atoms with Gasteiger partial charge in [-0.3, -0.25) is 0 Å². The Bertz CT molecular complexity index is 2630. The molecule has 0 N–H and O–H groups in total. The lowest BCUT2D eigenvalue weighted by molar-refractivity contribution is 0.590. The molecule has 0 atom stereocenters. The monoisotopic (exact) mass is 669 g/mol. The summed E-state index contributed by atoms with van der Waals surface area (Å²) in [5.74, 6) is 0. The Balaban J connectivity index is 1.40. The van der Waals surface area contributed by atoms with E-state index in [0.29, 0.717) is 0 Å². The van der Waals surface area contributed by atoms with Crippen molar-refractivity contribution in [1.82, 2.24) is 0 Å². The number of hydrogen-bond acceptors (Lipinski definition) is 1. The van der Waals surface area contributed by atoms with Crippen LogP contribution >= 0.6 is 0 Å². The molecule has 0 heterocycles. The molecule has 9 rings (SSSR count). The van der Waals surface area contributed by atoms with Gasteiger partial charge in [0.1, 0.15) is 0 Å². The molecule has 0 fully saturated rings. The van der Waals surface area contributed by atoms with Gasteiger partial charge in [-0.2, -0.15) is 0 Å². The second-order valence-corrected chi connectivity index (χ2v) is 15.8. The summed E-state index contributed by atoms with van der Waals surface area (Å²) in [6.45, 7) is 11.7. The van der Waals surface area contributed by atoms with Crippen LogP contribution in [0.25, 0.3) is 54.9 Å². The molecule has 1 aliphatic carbocycles. The van der Waals surface area contributed by atoms with Gasteiger partial charge in [0.15, 0.2) is 0 Å². The van der Waals surface area contributed by atoms with E-state index in [0.717, 1.165) is 17.1 Å². The van der Waals surface area contributed by atoms with Crippen molar-refractivity contribution in [3.8, 4) is 33.4 Å². The normalized spacial score (nSPS) is 13.2. The van der Waals surface area contributed by atoms with Gasteiger partial charge in [0.05, 0.1) is 11.4 Å². The second kappa shape index (κ2) is 12.1. The Kier molecular flexibility index (Phi) is 7.45. The summed E-state index contributed by atoms with van der Waals surface area (Å²) in [7, 11) is 0. The van der Waals surface area contributed by atoms with E-state index in [1.807, 2.05) is 0 Å². The maximum absolute atomic E-state index is 2.54. The molecule has 1 heteroatoms. The van der Waals surface area contributed by atoms with Crippen molar-refractivity contribution in [3.05, 3.63) is 187 Å². The van der Waals surface area contributed by atoms with E-state index in [-0.39, 0.29) is 10.8 Å². The predicted octanol–water partition coefficient (Wildman–Crippen LogP) is 14.4. The minimum atomic E-state index is -0.131. The van der Waals surface area contributed by atoms with Gasteiger partial charge in [0.2, 0.25) is 0 Å². The Hall–Kier alpha value is -5.92. The van der Waals surface area contributed by atoms with Crippen molar-refractivity contribution >= 4 is 38.6 Å². The first-order valence-corrected chi connectivity index (χ1v) is 18.4. The highest BCUT2D eigenvalue weighted by Crippen LogP contribution is 2.53. The average Bonchev–Trinajstić information content (AvgIpc) is 3.40. The van der Waals surface area contributed by atoms with Crippen LogP contribution in [0.1, 0.15) is 51.3 Å². The molecule has 0 saturated carbocycles. The van der Waals surface area contributed by atoms with E-state index in [4.69, 9.17) is 0 Å². The highest BCUT2D eigenvalue weighted by atomic mass is 15.1. The maximum atomic E-state index is 2.54. The van der Waals surface area contributed by atoms with Crippen molar-refractivity contribution in [2.45, 2.75) is 45.4 Å². The zero-order valence-electron chi connectivity index (χ0n) is 30.6. The quantitative estimate of drug-likeness (QED) is 0.176. The largest absolute Gasteiger partial charge is 0.309 e. The highest BCUT2D eigenvalue weighted by molar-refractivity contribution is 6.12. The van der Waals surface area contributed by atoms with Crippen LogP contribution < -0.4 is 4.90 Å². The van der Waals surface area contributed by atoms with Gasteiger partial charge in [0, 0.05) is 22.2 Å². The van der Waals surface area contributed by atoms with E-state index in [1.165, 1.54) is 71.6 Å². The first kappa shape index (κ1) is 32.0. The number of fused-ring (bicyclic) bond motifs is 5. The molecular formula is C51H43N. The van der Waals surface area contributed by atoms with Gasteiger partial charge < -0.3 is 4.90 Å². The molecule has 0 aliphatic heterocycles. The van der Waals surface area contributed by atoms with Crippen LogP contribution in [0.15, 0.2) is 170 Å². The van der Waals surface area contributed by atoms with E-state index >= 15 is 0 Å². The Morgan fingerprint density at radius 3 is 1.85 bits per heavy atom. The summed E-state index contributed by atoms with van der Waals surface area (Å²) in [6.07, 6.45) is 0. The summed E-state index contributed by atoms with van der Waals surface area (Å²) in [4.78, 5) is 2.54. The van der Waals surface area contributed by atoms with Crippen molar-refractivity contribution < 1.29 is 0 Å². The molecular weight excluding hydrogens is 627 g/mol. The summed E-state index contributed by atoms with van der Waals surface area (Å²) in [5.41, 5.74) is 14.9.